The number of hydrogen-bond acceptors (Lipinski definition) is 6. The Morgan fingerprint density at radius 3 is 2.75 bits per heavy atom. The molecule has 1 atom stereocenters. The van der Waals surface area contributed by atoms with E-state index < -0.39 is 5.92 Å². The van der Waals surface area contributed by atoms with Gasteiger partial charge in [0.25, 0.3) is 5.56 Å². The van der Waals surface area contributed by atoms with Gasteiger partial charge in [0.1, 0.15) is 5.82 Å². The number of thioether (sulfide) groups is 1. The monoisotopic (exact) mass is 451 g/mol. The maximum Gasteiger partial charge on any atom is 0.257 e. The third kappa shape index (κ3) is 4.65. The lowest BCUT2D eigenvalue weighted by atomic mass is 9.86. The van der Waals surface area contributed by atoms with Crippen molar-refractivity contribution in [1.82, 2.24) is 9.97 Å². The molecule has 0 saturated heterocycles. The first kappa shape index (κ1) is 22.0. The molecular weight excluding hydrogens is 426 g/mol. The van der Waals surface area contributed by atoms with Crippen LogP contribution in [0.3, 0.4) is 0 Å². The number of rotatable bonds is 7. The number of nitrogens with zero attached hydrogens (tertiary/aromatic N) is 1. The number of carbonyl (C=O) groups excluding carboxylic acids is 1. The van der Waals surface area contributed by atoms with E-state index in [2.05, 4.69) is 21.4 Å². The van der Waals surface area contributed by atoms with Gasteiger partial charge in [-0.1, -0.05) is 47.7 Å². The number of aryl methyl sites for hydroxylation is 1. The number of aromatic amines is 1. The van der Waals surface area contributed by atoms with Crippen molar-refractivity contribution in [2.75, 3.05) is 19.0 Å². The number of ether oxygens (including phenoxy) is 2. The van der Waals surface area contributed by atoms with E-state index in [0.29, 0.717) is 40.4 Å². The SMILES string of the molecule is CCOc1ccc(C2CC(=O)Nc3nc(SCc4cccc(C)c4)[nH]c(=O)c32)cc1OC. The van der Waals surface area contributed by atoms with Crippen LogP contribution in [0.15, 0.2) is 52.4 Å². The number of hydrogen-bond donors (Lipinski definition) is 2. The Morgan fingerprint density at radius 1 is 1.16 bits per heavy atom. The second-order valence-corrected chi connectivity index (χ2v) is 8.52. The topological polar surface area (TPSA) is 93.3 Å². The number of anilines is 1. The third-order valence-electron chi connectivity index (χ3n) is 5.28. The fraction of sp³-hybridized carbons (Fsp3) is 0.292. The van der Waals surface area contributed by atoms with E-state index in [1.54, 1.807) is 13.2 Å². The Hall–Kier alpha value is -3.26. The summed E-state index contributed by atoms with van der Waals surface area (Å²) < 4.78 is 11.0. The first-order valence-electron chi connectivity index (χ1n) is 10.4. The average Bonchev–Trinajstić information content (AvgIpc) is 2.77. The number of benzene rings is 2. The summed E-state index contributed by atoms with van der Waals surface area (Å²) in [6.07, 6.45) is 0.157. The maximum atomic E-state index is 13.0. The van der Waals surface area contributed by atoms with Crippen LogP contribution in [0, 0.1) is 6.92 Å². The van der Waals surface area contributed by atoms with Crippen molar-refractivity contribution in [1.29, 1.82) is 0 Å². The van der Waals surface area contributed by atoms with E-state index >= 15 is 0 Å². The van der Waals surface area contributed by atoms with Crippen LogP contribution in [-0.4, -0.2) is 29.6 Å². The molecule has 4 rings (SSSR count). The van der Waals surface area contributed by atoms with Gasteiger partial charge in [0.05, 0.1) is 19.3 Å². The molecule has 32 heavy (non-hydrogen) atoms. The molecule has 2 N–H and O–H groups in total. The zero-order valence-corrected chi connectivity index (χ0v) is 19.0. The zero-order valence-electron chi connectivity index (χ0n) is 18.2. The van der Waals surface area contributed by atoms with E-state index in [-0.39, 0.29) is 17.9 Å². The summed E-state index contributed by atoms with van der Waals surface area (Å²) in [5.41, 5.74) is 3.32. The van der Waals surface area contributed by atoms with E-state index in [1.165, 1.54) is 17.3 Å². The number of aromatic nitrogens is 2. The van der Waals surface area contributed by atoms with Gasteiger partial charge >= 0.3 is 0 Å². The molecule has 1 aromatic heterocycles. The molecule has 3 aromatic rings. The second-order valence-electron chi connectivity index (χ2n) is 7.56. The van der Waals surface area contributed by atoms with Crippen LogP contribution in [0.1, 0.15) is 41.5 Å². The minimum atomic E-state index is -0.421. The van der Waals surface area contributed by atoms with Gasteiger partial charge in [-0.2, -0.15) is 0 Å². The third-order valence-corrected chi connectivity index (χ3v) is 6.22. The molecular formula is C24H25N3O4S. The van der Waals surface area contributed by atoms with Gasteiger partial charge in [-0.25, -0.2) is 4.98 Å². The number of H-pyrrole nitrogens is 1. The molecule has 0 bridgehead atoms. The van der Waals surface area contributed by atoms with Gasteiger partial charge < -0.3 is 19.8 Å². The van der Waals surface area contributed by atoms with Gasteiger partial charge in [-0.05, 0) is 37.1 Å². The van der Waals surface area contributed by atoms with Crippen LogP contribution >= 0.6 is 11.8 Å². The molecule has 7 nitrogen and oxygen atoms in total. The molecule has 1 aliphatic heterocycles. The maximum absolute atomic E-state index is 13.0. The lowest BCUT2D eigenvalue weighted by Gasteiger charge is -2.25. The van der Waals surface area contributed by atoms with Gasteiger partial charge in [0, 0.05) is 18.1 Å². The summed E-state index contributed by atoms with van der Waals surface area (Å²) in [5.74, 6) is 1.56. The number of amides is 1. The molecule has 1 unspecified atom stereocenters. The first-order valence-corrected chi connectivity index (χ1v) is 11.4. The van der Waals surface area contributed by atoms with E-state index in [1.807, 2.05) is 44.2 Å². The van der Waals surface area contributed by atoms with E-state index in [9.17, 15) is 9.59 Å². The van der Waals surface area contributed by atoms with Crippen LogP contribution < -0.4 is 20.3 Å². The molecule has 2 heterocycles. The standard InChI is InChI=1S/C24H25N3O4S/c1-4-31-18-9-8-16(11-19(18)30-3)17-12-20(28)25-22-21(17)23(29)27-24(26-22)32-13-15-7-5-6-14(2)10-15/h5-11,17H,4,12-13H2,1-3H3,(H2,25,26,27,28,29). The molecule has 2 aromatic carbocycles. The molecule has 0 spiro atoms. The molecule has 0 fully saturated rings. The van der Waals surface area contributed by atoms with Crippen molar-refractivity contribution in [3.8, 4) is 11.5 Å². The van der Waals surface area contributed by atoms with Crippen molar-refractivity contribution < 1.29 is 14.3 Å². The number of nitrogens with one attached hydrogen (secondary N) is 2. The lowest BCUT2D eigenvalue weighted by Crippen LogP contribution is -2.31. The smallest absolute Gasteiger partial charge is 0.257 e. The Labute approximate surface area is 190 Å². The van der Waals surface area contributed by atoms with Crippen molar-refractivity contribution >= 4 is 23.5 Å². The van der Waals surface area contributed by atoms with Gasteiger partial charge in [-0.3, -0.25) is 9.59 Å². The minimum Gasteiger partial charge on any atom is -0.493 e. The summed E-state index contributed by atoms with van der Waals surface area (Å²) in [5, 5.41) is 3.24. The average molecular weight is 452 g/mol. The van der Waals surface area contributed by atoms with Gasteiger partial charge in [0.15, 0.2) is 16.7 Å². The van der Waals surface area contributed by atoms with Crippen LogP contribution in [0.5, 0.6) is 11.5 Å². The molecule has 1 amide bonds. The first-order chi connectivity index (χ1) is 15.5. The molecule has 0 aliphatic carbocycles. The largest absolute Gasteiger partial charge is 0.493 e. The highest BCUT2D eigenvalue weighted by atomic mass is 32.2. The Morgan fingerprint density at radius 2 is 2.00 bits per heavy atom. The Balaban J connectivity index is 1.65. The highest BCUT2D eigenvalue weighted by Gasteiger charge is 2.31. The molecule has 0 radical (unpaired) electrons. The number of carbonyl (C=O) groups is 1. The molecule has 1 aliphatic rings. The Bertz CT molecular complexity index is 1210. The van der Waals surface area contributed by atoms with Gasteiger partial charge in [-0.15, -0.1) is 0 Å². The van der Waals surface area contributed by atoms with Crippen molar-refractivity contribution in [3.05, 3.63) is 75.1 Å². The fourth-order valence-electron chi connectivity index (χ4n) is 3.83. The number of methoxy groups -OCH3 is 1. The van der Waals surface area contributed by atoms with Crippen LogP contribution in [-0.2, 0) is 10.5 Å². The summed E-state index contributed by atoms with van der Waals surface area (Å²) >= 11 is 1.43. The molecule has 0 saturated carbocycles. The predicted octanol–water partition coefficient (Wildman–Crippen LogP) is 4.25. The normalized spacial score (nSPS) is 15.1. The minimum absolute atomic E-state index is 0.157. The highest BCUT2D eigenvalue weighted by Crippen LogP contribution is 2.38. The van der Waals surface area contributed by atoms with Crippen LogP contribution in [0.25, 0.3) is 0 Å². The van der Waals surface area contributed by atoms with Crippen molar-refractivity contribution in [2.24, 2.45) is 0 Å². The lowest BCUT2D eigenvalue weighted by molar-refractivity contribution is -0.116. The molecule has 166 valence electrons. The fourth-order valence-corrected chi connectivity index (χ4v) is 4.64. The predicted molar refractivity (Wildman–Crippen MR) is 125 cm³/mol. The summed E-state index contributed by atoms with van der Waals surface area (Å²) in [6.45, 7) is 4.45. The van der Waals surface area contributed by atoms with Gasteiger partial charge in [0.2, 0.25) is 5.91 Å². The summed E-state index contributed by atoms with van der Waals surface area (Å²) in [4.78, 5) is 32.9. The van der Waals surface area contributed by atoms with E-state index in [0.717, 1.165) is 11.1 Å². The summed E-state index contributed by atoms with van der Waals surface area (Å²) in [6, 6.07) is 13.7. The highest BCUT2D eigenvalue weighted by molar-refractivity contribution is 7.98. The molecule has 8 heteroatoms. The zero-order chi connectivity index (χ0) is 22.7. The Kier molecular flexibility index (Phi) is 6.50. The number of fused-ring (bicyclic) bond motifs is 1. The van der Waals surface area contributed by atoms with Crippen LogP contribution in [0.4, 0.5) is 5.82 Å². The quantitative estimate of drug-likeness (QED) is 0.412. The van der Waals surface area contributed by atoms with E-state index in [4.69, 9.17) is 9.47 Å². The van der Waals surface area contributed by atoms with Crippen molar-refractivity contribution in [2.45, 2.75) is 37.1 Å². The van der Waals surface area contributed by atoms with Crippen molar-refractivity contribution in [3.63, 3.8) is 0 Å². The summed E-state index contributed by atoms with van der Waals surface area (Å²) in [7, 11) is 1.56. The van der Waals surface area contributed by atoms with Crippen LogP contribution in [0.2, 0.25) is 0 Å². The second kappa shape index (κ2) is 9.48.